The number of hydrogen-bond acceptors (Lipinski definition) is 7. The van der Waals surface area contributed by atoms with E-state index in [1.165, 1.54) is 6.20 Å². The number of nitrogens with zero attached hydrogens (tertiary/aromatic N) is 6. The number of ether oxygens (including phenoxy) is 1. The van der Waals surface area contributed by atoms with Gasteiger partial charge in [0.05, 0.1) is 17.7 Å². The molecule has 0 amide bonds. The maximum Gasteiger partial charge on any atom is 0.331 e. The Morgan fingerprint density at radius 1 is 1.21 bits per heavy atom. The number of hydrogen-bond donors (Lipinski definition) is 0. The van der Waals surface area contributed by atoms with Crippen LogP contribution in [0.2, 0.25) is 0 Å². The molecular formula is C20H22N6O3. The van der Waals surface area contributed by atoms with Gasteiger partial charge < -0.3 is 9.64 Å². The molecule has 3 heterocycles. The second-order valence-electron chi connectivity index (χ2n) is 7.00. The fourth-order valence-electron chi connectivity index (χ4n) is 3.84. The van der Waals surface area contributed by atoms with E-state index in [9.17, 15) is 10.1 Å². The summed E-state index contributed by atoms with van der Waals surface area (Å²) in [5.74, 6) is 2.33. The largest absolute Gasteiger partial charge is 0.496 e. The molecular weight excluding hydrogens is 372 g/mol. The summed E-state index contributed by atoms with van der Waals surface area (Å²) < 4.78 is 7.02. The van der Waals surface area contributed by atoms with Crippen molar-refractivity contribution in [1.82, 2.24) is 19.7 Å². The van der Waals surface area contributed by atoms with Crippen molar-refractivity contribution < 1.29 is 9.66 Å². The van der Waals surface area contributed by atoms with Crippen LogP contribution >= 0.6 is 0 Å². The van der Waals surface area contributed by atoms with Crippen LogP contribution in [0.1, 0.15) is 24.6 Å². The lowest BCUT2D eigenvalue weighted by Crippen LogP contribution is -2.35. The van der Waals surface area contributed by atoms with Crippen LogP contribution in [0.5, 0.6) is 5.75 Å². The fraction of sp³-hybridized carbons (Fsp3) is 0.350. The van der Waals surface area contributed by atoms with Gasteiger partial charge in [0.25, 0.3) is 0 Å². The Labute approximate surface area is 168 Å². The monoisotopic (exact) mass is 394 g/mol. The Morgan fingerprint density at radius 2 is 1.97 bits per heavy atom. The van der Waals surface area contributed by atoms with Gasteiger partial charge in [-0.1, -0.05) is 12.1 Å². The van der Waals surface area contributed by atoms with Crippen LogP contribution in [0.25, 0.3) is 11.3 Å². The van der Waals surface area contributed by atoms with Gasteiger partial charge in [-0.3, -0.25) is 10.1 Å². The van der Waals surface area contributed by atoms with Gasteiger partial charge in [-0.15, -0.1) is 0 Å². The van der Waals surface area contributed by atoms with Crippen molar-refractivity contribution in [2.45, 2.75) is 18.8 Å². The second-order valence-corrected chi connectivity index (χ2v) is 7.00. The minimum atomic E-state index is -0.381. The van der Waals surface area contributed by atoms with E-state index in [1.54, 1.807) is 25.0 Å². The molecule has 2 aromatic heterocycles. The molecule has 0 atom stereocenters. The minimum Gasteiger partial charge on any atom is -0.496 e. The smallest absolute Gasteiger partial charge is 0.331 e. The van der Waals surface area contributed by atoms with Gasteiger partial charge in [0.1, 0.15) is 17.8 Å². The average Bonchev–Trinajstić information content (AvgIpc) is 3.15. The Balaban J connectivity index is 1.53. The molecule has 1 saturated heterocycles. The third-order valence-corrected chi connectivity index (χ3v) is 5.30. The van der Waals surface area contributed by atoms with E-state index in [1.807, 2.05) is 35.2 Å². The van der Waals surface area contributed by atoms with E-state index < -0.39 is 0 Å². The van der Waals surface area contributed by atoms with Gasteiger partial charge in [-0.2, -0.15) is 5.10 Å². The van der Waals surface area contributed by atoms with Crippen LogP contribution < -0.4 is 9.64 Å². The minimum absolute atomic E-state index is 0.0420. The average molecular weight is 394 g/mol. The van der Waals surface area contributed by atoms with Gasteiger partial charge >= 0.3 is 5.69 Å². The van der Waals surface area contributed by atoms with Crippen molar-refractivity contribution in [3.63, 3.8) is 0 Å². The summed E-state index contributed by atoms with van der Waals surface area (Å²) in [5.41, 5.74) is 1.80. The molecule has 0 aliphatic carbocycles. The fourth-order valence-corrected chi connectivity index (χ4v) is 3.84. The lowest BCUT2D eigenvalue weighted by atomic mass is 9.95. The predicted molar refractivity (Wildman–Crippen MR) is 108 cm³/mol. The zero-order valence-corrected chi connectivity index (χ0v) is 16.4. The molecule has 9 heteroatoms. The SMILES string of the molecule is COc1ccccc1-c1ccnc(C2CCN(c3c([N+](=O)[O-])cnn3C)CC2)n1. The molecule has 150 valence electrons. The molecule has 4 rings (SSSR count). The maximum absolute atomic E-state index is 11.3. The molecule has 0 unspecified atom stereocenters. The first-order valence-corrected chi connectivity index (χ1v) is 9.46. The summed E-state index contributed by atoms with van der Waals surface area (Å²) in [5, 5.41) is 15.3. The predicted octanol–water partition coefficient (Wildman–Crippen LogP) is 3.18. The number of methoxy groups -OCH3 is 1. The molecule has 0 radical (unpaired) electrons. The van der Waals surface area contributed by atoms with Crippen LogP contribution in [0.4, 0.5) is 11.5 Å². The van der Waals surface area contributed by atoms with Crippen molar-refractivity contribution >= 4 is 11.5 Å². The summed E-state index contributed by atoms with van der Waals surface area (Å²) >= 11 is 0. The zero-order valence-electron chi connectivity index (χ0n) is 16.4. The first-order valence-electron chi connectivity index (χ1n) is 9.46. The standard InChI is InChI=1S/C20H22N6O3/c1-24-20(17(13-22-24)26(27)28)25-11-8-14(9-12-25)19-21-10-7-16(23-19)15-5-3-4-6-18(15)29-2/h3-7,10,13-14H,8-9,11-12H2,1-2H3. The molecule has 9 nitrogen and oxygen atoms in total. The number of aryl methyl sites for hydroxylation is 1. The quantitative estimate of drug-likeness (QED) is 0.484. The number of anilines is 1. The molecule has 1 aliphatic heterocycles. The molecule has 0 saturated carbocycles. The topological polar surface area (TPSA) is 99.2 Å². The van der Waals surface area contributed by atoms with E-state index in [-0.39, 0.29) is 16.5 Å². The lowest BCUT2D eigenvalue weighted by molar-refractivity contribution is -0.384. The summed E-state index contributed by atoms with van der Waals surface area (Å²) in [6.45, 7) is 1.38. The summed E-state index contributed by atoms with van der Waals surface area (Å²) in [7, 11) is 3.38. The highest BCUT2D eigenvalue weighted by molar-refractivity contribution is 5.66. The number of rotatable bonds is 5. The van der Waals surface area contributed by atoms with Crippen molar-refractivity contribution in [2.75, 3.05) is 25.1 Å². The van der Waals surface area contributed by atoms with Crippen LogP contribution in [0, 0.1) is 10.1 Å². The van der Waals surface area contributed by atoms with Gasteiger partial charge in [-0.25, -0.2) is 14.6 Å². The summed E-state index contributed by atoms with van der Waals surface area (Å²) in [6.07, 6.45) is 4.72. The molecule has 29 heavy (non-hydrogen) atoms. The van der Waals surface area contributed by atoms with Gasteiger partial charge in [0.2, 0.25) is 5.82 Å². The number of para-hydroxylation sites is 1. The molecule has 0 spiro atoms. The number of nitro groups is 1. The third kappa shape index (κ3) is 3.63. The number of benzene rings is 1. The first kappa shape index (κ1) is 18.9. The Hall–Kier alpha value is -3.49. The van der Waals surface area contributed by atoms with Gasteiger partial charge in [0, 0.05) is 37.8 Å². The van der Waals surface area contributed by atoms with E-state index >= 15 is 0 Å². The van der Waals surface area contributed by atoms with E-state index in [4.69, 9.17) is 9.72 Å². The van der Waals surface area contributed by atoms with Crippen LogP contribution in [0.15, 0.2) is 42.7 Å². The molecule has 1 aliphatic rings. The van der Waals surface area contributed by atoms with Crippen LogP contribution in [-0.2, 0) is 7.05 Å². The van der Waals surface area contributed by atoms with Gasteiger partial charge in [0.15, 0.2) is 0 Å². The Kier molecular flexibility index (Phi) is 5.11. The highest BCUT2D eigenvalue weighted by Gasteiger charge is 2.29. The number of aromatic nitrogens is 4. The number of piperidine rings is 1. The van der Waals surface area contributed by atoms with E-state index in [0.717, 1.165) is 35.7 Å². The third-order valence-electron chi connectivity index (χ3n) is 5.30. The molecule has 1 fully saturated rings. The van der Waals surface area contributed by atoms with Crippen LogP contribution in [0.3, 0.4) is 0 Å². The Bertz CT molecular complexity index is 1030. The summed E-state index contributed by atoms with van der Waals surface area (Å²) in [4.78, 5) is 22.2. The normalized spacial score (nSPS) is 14.8. The molecule has 0 N–H and O–H groups in total. The van der Waals surface area contributed by atoms with Crippen molar-refractivity contribution in [3.05, 3.63) is 58.7 Å². The lowest BCUT2D eigenvalue weighted by Gasteiger charge is -2.32. The molecule has 1 aromatic carbocycles. The highest BCUT2D eigenvalue weighted by atomic mass is 16.6. The van der Waals surface area contributed by atoms with Gasteiger partial charge in [-0.05, 0) is 31.0 Å². The highest BCUT2D eigenvalue weighted by Crippen LogP contribution is 2.34. The van der Waals surface area contributed by atoms with E-state index in [2.05, 4.69) is 10.1 Å². The van der Waals surface area contributed by atoms with E-state index in [0.29, 0.717) is 18.9 Å². The summed E-state index contributed by atoms with van der Waals surface area (Å²) in [6, 6.07) is 9.66. The molecule has 3 aromatic rings. The van der Waals surface area contributed by atoms with Crippen molar-refractivity contribution in [2.24, 2.45) is 7.05 Å². The molecule has 0 bridgehead atoms. The van der Waals surface area contributed by atoms with Crippen LogP contribution in [-0.4, -0.2) is 44.9 Å². The van der Waals surface area contributed by atoms with Crippen molar-refractivity contribution in [3.8, 4) is 17.0 Å². The maximum atomic E-state index is 11.3. The first-order chi connectivity index (χ1) is 14.1. The van der Waals surface area contributed by atoms with Crippen molar-refractivity contribution in [1.29, 1.82) is 0 Å². The Morgan fingerprint density at radius 3 is 2.69 bits per heavy atom. The second kappa shape index (κ2) is 7.86. The zero-order chi connectivity index (χ0) is 20.4.